The fourth-order valence-electron chi connectivity index (χ4n) is 1.95. The minimum atomic E-state index is -0.259. The van der Waals surface area contributed by atoms with Crippen LogP contribution in [0.4, 0.5) is 16.2 Å². The van der Waals surface area contributed by atoms with Gasteiger partial charge in [-0.25, -0.2) is 4.79 Å². The van der Waals surface area contributed by atoms with Gasteiger partial charge in [0.05, 0.1) is 17.1 Å². The van der Waals surface area contributed by atoms with Crippen LogP contribution < -0.4 is 10.6 Å². The second-order valence-electron chi connectivity index (χ2n) is 4.62. The first-order chi connectivity index (χ1) is 8.97. The molecule has 0 bridgehead atoms. The third-order valence-corrected chi connectivity index (χ3v) is 3.02. The van der Waals surface area contributed by atoms with Crippen LogP contribution in [0.15, 0.2) is 24.3 Å². The van der Waals surface area contributed by atoms with Crippen LogP contribution in [0.25, 0.3) is 0 Å². The summed E-state index contributed by atoms with van der Waals surface area (Å²) in [5.74, 6) is 0. The van der Waals surface area contributed by atoms with Gasteiger partial charge < -0.3 is 10.6 Å². The maximum absolute atomic E-state index is 11.9. The summed E-state index contributed by atoms with van der Waals surface area (Å²) in [5.41, 5.74) is 4.37. The molecule has 19 heavy (non-hydrogen) atoms. The number of hydrogen-bond donors (Lipinski definition) is 2. The zero-order chi connectivity index (χ0) is 14.0. The van der Waals surface area contributed by atoms with Crippen molar-refractivity contribution >= 4 is 17.4 Å². The van der Waals surface area contributed by atoms with Gasteiger partial charge in [0, 0.05) is 12.7 Å². The van der Waals surface area contributed by atoms with Crippen molar-refractivity contribution in [2.45, 2.75) is 20.8 Å². The van der Waals surface area contributed by atoms with Gasteiger partial charge in [-0.05, 0) is 38.5 Å². The molecule has 0 saturated carbocycles. The van der Waals surface area contributed by atoms with Crippen molar-refractivity contribution in [3.05, 3.63) is 41.2 Å². The predicted molar refractivity (Wildman–Crippen MR) is 76.5 cm³/mol. The number of aryl methyl sites for hydroxylation is 3. The topological polar surface area (TPSA) is 59.0 Å². The molecule has 0 aliphatic heterocycles. The third kappa shape index (κ3) is 2.93. The summed E-state index contributed by atoms with van der Waals surface area (Å²) in [7, 11) is 1.85. The predicted octanol–water partition coefficient (Wildman–Crippen LogP) is 2.99. The van der Waals surface area contributed by atoms with Crippen LogP contribution in [0.5, 0.6) is 0 Å². The first-order valence-corrected chi connectivity index (χ1v) is 6.12. The largest absolute Gasteiger partial charge is 0.323 e. The van der Waals surface area contributed by atoms with E-state index in [0.717, 1.165) is 28.3 Å². The van der Waals surface area contributed by atoms with Crippen molar-refractivity contribution in [1.82, 2.24) is 9.78 Å². The SMILES string of the molecule is Cc1cccc(NC(=O)Nc2c(C)nn(C)c2C)c1. The number of benzene rings is 1. The van der Waals surface area contributed by atoms with E-state index >= 15 is 0 Å². The van der Waals surface area contributed by atoms with E-state index in [1.165, 1.54) is 0 Å². The van der Waals surface area contributed by atoms with Crippen molar-refractivity contribution < 1.29 is 4.79 Å². The number of anilines is 2. The summed E-state index contributed by atoms with van der Waals surface area (Å²) in [6.07, 6.45) is 0. The minimum Gasteiger partial charge on any atom is -0.308 e. The van der Waals surface area contributed by atoms with Gasteiger partial charge in [-0.15, -0.1) is 0 Å². The van der Waals surface area contributed by atoms with E-state index in [2.05, 4.69) is 15.7 Å². The highest BCUT2D eigenvalue weighted by molar-refractivity contribution is 6.00. The second kappa shape index (κ2) is 5.14. The van der Waals surface area contributed by atoms with Gasteiger partial charge in [-0.2, -0.15) is 5.10 Å². The highest BCUT2D eigenvalue weighted by atomic mass is 16.2. The average molecular weight is 258 g/mol. The van der Waals surface area contributed by atoms with Crippen LogP contribution in [0.3, 0.4) is 0 Å². The lowest BCUT2D eigenvalue weighted by Gasteiger charge is -2.08. The van der Waals surface area contributed by atoms with Gasteiger partial charge in [0.1, 0.15) is 0 Å². The number of carbonyl (C=O) groups excluding carboxylic acids is 1. The monoisotopic (exact) mass is 258 g/mol. The van der Waals surface area contributed by atoms with E-state index in [9.17, 15) is 4.79 Å². The maximum Gasteiger partial charge on any atom is 0.323 e. The molecule has 0 spiro atoms. The number of rotatable bonds is 2. The lowest BCUT2D eigenvalue weighted by Crippen LogP contribution is -2.20. The molecule has 1 aromatic carbocycles. The van der Waals surface area contributed by atoms with Gasteiger partial charge >= 0.3 is 6.03 Å². The maximum atomic E-state index is 11.9. The summed E-state index contributed by atoms with van der Waals surface area (Å²) < 4.78 is 1.75. The van der Waals surface area contributed by atoms with Crippen molar-refractivity contribution in [1.29, 1.82) is 0 Å². The Kier molecular flexibility index (Phi) is 3.55. The Morgan fingerprint density at radius 3 is 2.53 bits per heavy atom. The zero-order valence-electron chi connectivity index (χ0n) is 11.6. The standard InChI is InChI=1S/C14H18N4O/c1-9-6-5-7-12(8-9)15-14(19)16-13-10(2)17-18(4)11(13)3/h5-8H,1-4H3,(H2,15,16,19). The van der Waals surface area contributed by atoms with Gasteiger partial charge in [0.15, 0.2) is 0 Å². The molecule has 2 amide bonds. The Morgan fingerprint density at radius 2 is 1.95 bits per heavy atom. The summed E-state index contributed by atoms with van der Waals surface area (Å²) in [5, 5.41) is 9.90. The molecule has 5 heteroatoms. The lowest BCUT2D eigenvalue weighted by atomic mass is 10.2. The number of carbonyl (C=O) groups is 1. The molecule has 1 heterocycles. The Hall–Kier alpha value is -2.30. The summed E-state index contributed by atoms with van der Waals surface area (Å²) in [4.78, 5) is 11.9. The van der Waals surface area contributed by atoms with Crippen LogP contribution in [0.2, 0.25) is 0 Å². The normalized spacial score (nSPS) is 10.3. The fourth-order valence-corrected chi connectivity index (χ4v) is 1.95. The average Bonchev–Trinajstić information content (AvgIpc) is 2.56. The summed E-state index contributed by atoms with van der Waals surface area (Å²) in [6.45, 7) is 5.77. The van der Waals surface area contributed by atoms with Crippen LogP contribution >= 0.6 is 0 Å². The molecule has 100 valence electrons. The molecule has 1 aromatic heterocycles. The Labute approximate surface area is 112 Å². The lowest BCUT2D eigenvalue weighted by molar-refractivity contribution is 0.262. The number of nitrogens with zero attached hydrogens (tertiary/aromatic N) is 2. The van der Waals surface area contributed by atoms with E-state index in [0.29, 0.717) is 0 Å². The minimum absolute atomic E-state index is 0.259. The Bertz CT molecular complexity index is 616. The number of hydrogen-bond acceptors (Lipinski definition) is 2. The quantitative estimate of drug-likeness (QED) is 0.870. The molecule has 0 radical (unpaired) electrons. The van der Waals surface area contributed by atoms with E-state index in [-0.39, 0.29) is 6.03 Å². The number of nitrogens with one attached hydrogen (secondary N) is 2. The molecular formula is C14H18N4O. The molecule has 2 aromatic rings. The molecule has 0 atom stereocenters. The van der Waals surface area contributed by atoms with Crippen LogP contribution in [0.1, 0.15) is 17.0 Å². The molecule has 0 aliphatic carbocycles. The van der Waals surface area contributed by atoms with E-state index in [1.807, 2.05) is 52.1 Å². The molecule has 0 unspecified atom stereocenters. The van der Waals surface area contributed by atoms with E-state index in [1.54, 1.807) is 4.68 Å². The van der Waals surface area contributed by atoms with Gasteiger partial charge in [0.2, 0.25) is 0 Å². The first kappa shape index (κ1) is 13.1. The van der Waals surface area contributed by atoms with Crippen molar-refractivity contribution in [3.63, 3.8) is 0 Å². The van der Waals surface area contributed by atoms with Crippen molar-refractivity contribution in [3.8, 4) is 0 Å². The fraction of sp³-hybridized carbons (Fsp3) is 0.286. The zero-order valence-corrected chi connectivity index (χ0v) is 11.6. The van der Waals surface area contributed by atoms with E-state index < -0.39 is 0 Å². The molecule has 0 aliphatic rings. The third-order valence-electron chi connectivity index (χ3n) is 3.02. The first-order valence-electron chi connectivity index (χ1n) is 6.12. The van der Waals surface area contributed by atoms with Crippen LogP contribution in [-0.2, 0) is 7.05 Å². The Balaban J connectivity index is 2.09. The van der Waals surface area contributed by atoms with Crippen LogP contribution in [0, 0.1) is 20.8 Å². The molecule has 2 N–H and O–H groups in total. The van der Waals surface area contributed by atoms with Gasteiger partial charge in [0.25, 0.3) is 0 Å². The Morgan fingerprint density at radius 1 is 1.21 bits per heavy atom. The molecular weight excluding hydrogens is 240 g/mol. The number of amides is 2. The number of urea groups is 1. The molecule has 2 rings (SSSR count). The smallest absolute Gasteiger partial charge is 0.308 e. The van der Waals surface area contributed by atoms with Crippen LogP contribution in [-0.4, -0.2) is 15.8 Å². The van der Waals surface area contributed by atoms with Crippen molar-refractivity contribution in [2.24, 2.45) is 7.05 Å². The highest BCUT2D eigenvalue weighted by Crippen LogP contribution is 2.18. The van der Waals surface area contributed by atoms with Crippen molar-refractivity contribution in [2.75, 3.05) is 10.6 Å². The molecule has 0 fully saturated rings. The van der Waals surface area contributed by atoms with E-state index in [4.69, 9.17) is 0 Å². The molecule has 5 nitrogen and oxygen atoms in total. The number of aromatic nitrogens is 2. The summed E-state index contributed by atoms with van der Waals surface area (Å²) in [6, 6.07) is 7.41. The highest BCUT2D eigenvalue weighted by Gasteiger charge is 2.12. The second-order valence-corrected chi connectivity index (χ2v) is 4.62. The van der Waals surface area contributed by atoms with Gasteiger partial charge in [-0.3, -0.25) is 4.68 Å². The summed E-state index contributed by atoms with van der Waals surface area (Å²) >= 11 is 0. The van der Waals surface area contributed by atoms with Gasteiger partial charge in [-0.1, -0.05) is 12.1 Å². The molecule has 0 saturated heterocycles.